The van der Waals surface area contributed by atoms with Crippen LogP contribution in [-0.4, -0.2) is 39.7 Å². The van der Waals surface area contributed by atoms with Crippen molar-refractivity contribution in [2.75, 3.05) is 24.8 Å². The first-order chi connectivity index (χ1) is 13.0. The number of nitrogens with one attached hydrogen (secondary N) is 1. The Bertz CT molecular complexity index is 808. The second-order valence-electron chi connectivity index (χ2n) is 6.73. The molecule has 0 unspecified atom stereocenters. The van der Waals surface area contributed by atoms with E-state index in [4.69, 9.17) is 15.3 Å². The summed E-state index contributed by atoms with van der Waals surface area (Å²) in [5, 5.41) is 11.5. The molecule has 1 aromatic carbocycles. The molecular weight excluding hydrogens is 366 g/mol. The Balaban J connectivity index is 1.67. The van der Waals surface area contributed by atoms with E-state index in [1.54, 1.807) is 6.92 Å². The number of nitrogens with zero attached hydrogens (tertiary/aromatic N) is 3. The molecule has 1 aliphatic rings. The molecule has 8 nitrogen and oxygen atoms in total. The number of carbonyl (C=O) groups is 1. The van der Waals surface area contributed by atoms with Crippen LogP contribution in [0.2, 0.25) is 0 Å². The molecule has 1 aliphatic heterocycles. The normalized spacial score (nSPS) is 14.7. The highest BCUT2D eigenvalue weighted by atomic mass is 32.2. The average Bonchev–Trinajstić information content (AvgIpc) is 2.85. The maximum Gasteiger partial charge on any atom is 0.230 e. The third-order valence-corrected chi connectivity index (χ3v) is 5.22. The van der Waals surface area contributed by atoms with E-state index >= 15 is 0 Å². The fraction of sp³-hybridized carbons (Fsp3) is 0.500. The summed E-state index contributed by atoms with van der Waals surface area (Å²) in [7, 11) is 0. The van der Waals surface area contributed by atoms with Crippen LogP contribution in [-0.2, 0) is 4.79 Å². The first-order valence-corrected chi connectivity index (χ1v) is 9.93. The van der Waals surface area contributed by atoms with Crippen LogP contribution in [0.4, 0.5) is 0 Å². The molecule has 2 aromatic rings. The minimum absolute atomic E-state index is 0.0912. The number of thioether (sulfide) groups is 1. The molecule has 2 heterocycles. The highest BCUT2D eigenvalue weighted by Gasteiger charge is 2.21. The van der Waals surface area contributed by atoms with Crippen LogP contribution in [0.25, 0.3) is 0 Å². The summed E-state index contributed by atoms with van der Waals surface area (Å²) in [6.45, 7) is 7.18. The molecule has 0 aliphatic carbocycles. The summed E-state index contributed by atoms with van der Waals surface area (Å²) >= 11 is 1.26. The van der Waals surface area contributed by atoms with Crippen molar-refractivity contribution >= 4 is 17.7 Å². The summed E-state index contributed by atoms with van der Waals surface area (Å²) in [6.07, 6.45) is 0.858. The molecule has 3 N–H and O–H groups in total. The number of hydrogen-bond donors (Lipinski definition) is 2. The Morgan fingerprint density at radius 2 is 2.04 bits per heavy atom. The topological polar surface area (TPSA) is 104 Å². The predicted molar refractivity (Wildman–Crippen MR) is 103 cm³/mol. The zero-order valence-electron chi connectivity index (χ0n) is 15.8. The van der Waals surface area contributed by atoms with Crippen LogP contribution in [0.15, 0.2) is 23.4 Å². The molecule has 1 atom stereocenters. The molecule has 9 heteroatoms. The number of aryl methyl sites for hydroxylation is 1. The van der Waals surface area contributed by atoms with Crippen LogP contribution in [0, 0.1) is 12.8 Å². The Labute approximate surface area is 162 Å². The third kappa shape index (κ3) is 4.65. The molecule has 0 radical (unpaired) electrons. The number of nitrogen functional groups attached to an aromatic ring is 1. The number of nitrogens with two attached hydrogens (primary N) is 1. The standard InChI is InChI=1S/C18H25N5O3S/c1-11(2)17(13-5-6-14-15(9-13)26-8-4-7-25-14)20-16(24)10-27-18-22-21-12(3)23(18)19/h5-6,9,11,17H,4,7-8,10,19H2,1-3H3,(H,20,24)/t17-/m1/s1. The van der Waals surface area contributed by atoms with E-state index < -0.39 is 0 Å². The molecule has 3 rings (SSSR count). The van der Waals surface area contributed by atoms with Gasteiger partial charge in [-0.2, -0.15) is 0 Å². The van der Waals surface area contributed by atoms with Gasteiger partial charge in [-0.1, -0.05) is 31.7 Å². The highest BCUT2D eigenvalue weighted by Crippen LogP contribution is 2.34. The lowest BCUT2D eigenvalue weighted by Gasteiger charge is -2.23. The van der Waals surface area contributed by atoms with Crippen molar-refractivity contribution in [1.82, 2.24) is 20.2 Å². The van der Waals surface area contributed by atoms with E-state index in [9.17, 15) is 4.79 Å². The van der Waals surface area contributed by atoms with Gasteiger partial charge in [-0.15, -0.1) is 10.2 Å². The highest BCUT2D eigenvalue weighted by molar-refractivity contribution is 7.99. The fourth-order valence-corrected chi connectivity index (χ4v) is 3.52. The lowest BCUT2D eigenvalue weighted by molar-refractivity contribution is -0.119. The van der Waals surface area contributed by atoms with Gasteiger partial charge >= 0.3 is 0 Å². The molecule has 146 valence electrons. The fourth-order valence-electron chi connectivity index (χ4n) is 2.80. The first kappa shape index (κ1) is 19.3. The van der Waals surface area contributed by atoms with Gasteiger partial charge in [-0.05, 0) is 30.5 Å². The molecule has 0 saturated heterocycles. The number of carbonyl (C=O) groups excluding carboxylic acids is 1. The monoisotopic (exact) mass is 391 g/mol. The SMILES string of the molecule is Cc1nnc(SCC(=O)N[C@@H](c2ccc3c(c2)OCCCO3)C(C)C)n1N. The van der Waals surface area contributed by atoms with E-state index in [0.717, 1.165) is 23.5 Å². The molecule has 27 heavy (non-hydrogen) atoms. The van der Waals surface area contributed by atoms with E-state index in [1.807, 2.05) is 18.2 Å². The minimum atomic E-state index is -0.132. The van der Waals surface area contributed by atoms with Crippen molar-refractivity contribution in [1.29, 1.82) is 0 Å². The summed E-state index contributed by atoms with van der Waals surface area (Å²) < 4.78 is 12.8. The summed E-state index contributed by atoms with van der Waals surface area (Å²) in [5.74, 6) is 8.23. The van der Waals surface area contributed by atoms with E-state index in [2.05, 4.69) is 29.4 Å². The van der Waals surface area contributed by atoms with Crippen LogP contribution in [0.1, 0.15) is 37.7 Å². The third-order valence-electron chi connectivity index (χ3n) is 4.28. The number of rotatable bonds is 6. The molecule has 0 saturated carbocycles. The lowest BCUT2D eigenvalue weighted by atomic mass is 9.95. The van der Waals surface area contributed by atoms with Crippen molar-refractivity contribution in [3.8, 4) is 11.5 Å². The molecule has 1 aromatic heterocycles. The quantitative estimate of drug-likeness (QED) is 0.574. The van der Waals surface area contributed by atoms with Gasteiger partial charge in [0, 0.05) is 6.42 Å². The van der Waals surface area contributed by atoms with Gasteiger partial charge in [0.25, 0.3) is 0 Å². The van der Waals surface area contributed by atoms with Crippen molar-refractivity contribution < 1.29 is 14.3 Å². The number of fused-ring (bicyclic) bond motifs is 1. The molecule has 0 fully saturated rings. The van der Waals surface area contributed by atoms with E-state index in [1.165, 1.54) is 16.4 Å². The van der Waals surface area contributed by atoms with Gasteiger partial charge in [0.1, 0.15) is 5.82 Å². The molecule has 0 bridgehead atoms. The smallest absolute Gasteiger partial charge is 0.230 e. The molecule has 1 amide bonds. The van der Waals surface area contributed by atoms with Gasteiger partial charge in [0.2, 0.25) is 11.1 Å². The molecule has 0 spiro atoms. The Kier molecular flexibility index (Phi) is 6.10. The second-order valence-corrected chi connectivity index (χ2v) is 7.68. The zero-order chi connectivity index (χ0) is 19.4. The number of aromatic nitrogens is 3. The minimum Gasteiger partial charge on any atom is -0.490 e. The Hall–Kier alpha value is -2.42. The van der Waals surface area contributed by atoms with Gasteiger partial charge < -0.3 is 20.6 Å². The van der Waals surface area contributed by atoms with Crippen molar-refractivity contribution in [3.63, 3.8) is 0 Å². The Morgan fingerprint density at radius 1 is 1.30 bits per heavy atom. The van der Waals surface area contributed by atoms with Crippen LogP contribution >= 0.6 is 11.8 Å². The maximum absolute atomic E-state index is 12.5. The van der Waals surface area contributed by atoms with Crippen molar-refractivity contribution in [2.45, 2.75) is 38.4 Å². The zero-order valence-corrected chi connectivity index (χ0v) is 16.6. The summed E-state index contributed by atoms with van der Waals surface area (Å²) in [6, 6.07) is 5.71. The van der Waals surface area contributed by atoms with Crippen LogP contribution in [0.3, 0.4) is 0 Å². The average molecular weight is 391 g/mol. The summed E-state index contributed by atoms with van der Waals surface area (Å²) in [4.78, 5) is 12.5. The van der Waals surface area contributed by atoms with E-state index in [-0.39, 0.29) is 23.6 Å². The number of ether oxygens (including phenoxy) is 2. The maximum atomic E-state index is 12.5. The number of amides is 1. The van der Waals surface area contributed by atoms with Gasteiger partial charge in [0.15, 0.2) is 11.5 Å². The number of benzene rings is 1. The van der Waals surface area contributed by atoms with Crippen LogP contribution < -0.4 is 20.6 Å². The van der Waals surface area contributed by atoms with Crippen molar-refractivity contribution in [2.24, 2.45) is 5.92 Å². The molecular formula is C18H25N5O3S. The second kappa shape index (κ2) is 8.51. The first-order valence-electron chi connectivity index (χ1n) is 8.94. The van der Waals surface area contributed by atoms with Crippen molar-refractivity contribution in [3.05, 3.63) is 29.6 Å². The van der Waals surface area contributed by atoms with Gasteiger partial charge in [0.05, 0.1) is 25.0 Å². The number of hydrogen-bond acceptors (Lipinski definition) is 7. The largest absolute Gasteiger partial charge is 0.490 e. The van der Waals surface area contributed by atoms with Crippen LogP contribution in [0.5, 0.6) is 11.5 Å². The lowest BCUT2D eigenvalue weighted by Crippen LogP contribution is -2.33. The Morgan fingerprint density at radius 3 is 2.70 bits per heavy atom. The van der Waals surface area contributed by atoms with Gasteiger partial charge in [-0.3, -0.25) is 4.79 Å². The summed E-state index contributed by atoms with van der Waals surface area (Å²) in [5.41, 5.74) is 0.991. The van der Waals surface area contributed by atoms with E-state index in [0.29, 0.717) is 24.2 Å². The van der Waals surface area contributed by atoms with Gasteiger partial charge in [-0.25, -0.2) is 4.68 Å². The predicted octanol–water partition coefficient (Wildman–Crippen LogP) is 2.07.